The molecule has 2 amide bonds. The largest absolute Gasteiger partial charge is 0.345 e. The molecule has 0 aromatic rings. The Kier molecular flexibility index (Phi) is 9.67. The highest BCUT2D eigenvalue weighted by Crippen LogP contribution is 2.26. The van der Waals surface area contributed by atoms with E-state index in [1.54, 1.807) is 0 Å². The molecular weight excluding hydrogens is 324 g/mol. The highest BCUT2D eigenvalue weighted by Gasteiger charge is 2.29. The van der Waals surface area contributed by atoms with E-state index in [1.807, 2.05) is 13.8 Å². The number of carbonyl (C=O) groups is 2. The first-order chi connectivity index (χ1) is 12.1. The number of carbonyl (C=O) groups excluding carboxylic acids is 2. The Hall–Kier alpha value is -1.06. The molecule has 4 nitrogen and oxygen atoms in total. The average Bonchev–Trinajstić information content (AvgIpc) is 2.46. The van der Waals surface area contributed by atoms with Crippen LogP contribution in [-0.2, 0) is 9.59 Å². The fourth-order valence-corrected chi connectivity index (χ4v) is 4.29. The van der Waals surface area contributed by atoms with Crippen molar-refractivity contribution in [3.05, 3.63) is 0 Å². The first-order valence-corrected chi connectivity index (χ1v) is 10.7. The molecule has 2 N–H and O–H groups in total. The van der Waals surface area contributed by atoms with Gasteiger partial charge in [-0.1, -0.05) is 78.6 Å². The minimum absolute atomic E-state index is 0.0980. The highest BCUT2D eigenvalue weighted by atomic mass is 16.2. The third kappa shape index (κ3) is 10.8. The van der Waals surface area contributed by atoms with E-state index in [0.717, 1.165) is 32.1 Å². The lowest BCUT2D eigenvalue weighted by Gasteiger charge is -2.33. The average molecular weight is 367 g/mol. The summed E-state index contributed by atoms with van der Waals surface area (Å²) in [5.41, 5.74) is -0.292. The van der Waals surface area contributed by atoms with Crippen LogP contribution in [0.2, 0.25) is 0 Å². The first kappa shape index (κ1) is 23.0. The molecule has 0 bridgehead atoms. The van der Waals surface area contributed by atoms with Crippen LogP contribution in [0.15, 0.2) is 0 Å². The third-order valence-electron chi connectivity index (χ3n) is 5.07. The molecule has 26 heavy (non-hydrogen) atoms. The minimum atomic E-state index is -0.495. The summed E-state index contributed by atoms with van der Waals surface area (Å²) in [6.07, 6.45) is 14.2. The van der Waals surface area contributed by atoms with Gasteiger partial charge in [-0.05, 0) is 38.5 Å². The van der Waals surface area contributed by atoms with Crippen molar-refractivity contribution in [1.29, 1.82) is 0 Å². The lowest BCUT2D eigenvalue weighted by molar-refractivity contribution is -0.140. The molecule has 152 valence electrons. The maximum absolute atomic E-state index is 12.4. The van der Waals surface area contributed by atoms with E-state index < -0.39 is 11.8 Å². The zero-order chi connectivity index (χ0) is 19.6. The predicted molar refractivity (Wildman–Crippen MR) is 109 cm³/mol. The highest BCUT2D eigenvalue weighted by molar-refractivity contribution is 6.35. The fraction of sp³-hybridized carbons (Fsp3) is 0.909. The van der Waals surface area contributed by atoms with Gasteiger partial charge in [0.2, 0.25) is 0 Å². The summed E-state index contributed by atoms with van der Waals surface area (Å²) in [4.78, 5) is 24.8. The van der Waals surface area contributed by atoms with Gasteiger partial charge in [0.1, 0.15) is 0 Å². The monoisotopic (exact) mass is 366 g/mol. The summed E-state index contributed by atoms with van der Waals surface area (Å²) < 4.78 is 0. The van der Waals surface area contributed by atoms with Crippen LogP contribution in [0.3, 0.4) is 0 Å². The van der Waals surface area contributed by atoms with E-state index in [4.69, 9.17) is 0 Å². The van der Waals surface area contributed by atoms with Crippen molar-refractivity contribution in [2.75, 3.05) is 0 Å². The Morgan fingerprint density at radius 1 is 0.731 bits per heavy atom. The Bertz CT molecular complexity index is 426. The Labute approximate surface area is 161 Å². The zero-order valence-electron chi connectivity index (χ0n) is 17.9. The second-order valence-electron chi connectivity index (χ2n) is 10.0. The maximum Gasteiger partial charge on any atom is 0.309 e. The Balaban J connectivity index is 2.51. The zero-order valence-corrected chi connectivity index (χ0v) is 17.9. The lowest BCUT2D eigenvalue weighted by atomic mass is 9.82. The van der Waals surface area contributed by atoms with Gasteiger partial charge in [-0.2, -0.15) is 0 Å². The van der Waals surface area contributed by atoms with E-state index in [1.165, 1.54) is 44.9 Å². The van der Waals surface area contributed by atoms with Crippen LogP contribution >= 0.6 is 0 Å². The SMILES string of the molecule is CC(C)(C)CC(C)(C)NC(=O)C(=O)NC1CCCCCCCCCCC1. The van der Waals surface area contributed by atoms with Crippen LogP contribution < -0.4 is 10.6 Å². The molecule has 0 unspecified atom stereocenters. The summed E-state index contributed by atoms with van der Waals surface area (Å²) in [7, 11) is 0. The molecule has 0 radical (unpaired) electrons. The van der Waals surface area contributed by atoms with Crippen LogP contribution in [0.25, 0.3) is 0 Å². The van der Waals surface area contributed by atoms with Gasteiger partial charge < -0.3 is 10.6 Å². The molecule has 0 aliphatic heterocycles. The van der Waals surface area contributed by atoms with Crippen LogP contribution in [0.4, 0.5) is 0 Å². The van der Waals surface area contributed by atoms with Crippen molar-refractivity contribution in [1.82, 2.24) is 10.6 Å². The molecule has 4 heteroatoms. The topological polar surface area (TPSA) is 58.2 Å². The standard InChI is InChI=1S/C22H42N2O2/c1-21(2,3)17-22(4,5)24-20(26)19(25)23-18-15-13-11-9-7-6-8-10-12-14-16-18/h18H,6-17H2,1-5H3,(H,23,25)(H,24,26). The van der Waals surface area contributed by atoms with E-state index >= 15 is 0 Å². The van der Waals surface area contributed by atoms with Crippen LogP contribution in [0, 0.1) is 5.41 Å². The summed E-state index contributed by atoms with van der Waals surface area (Å²) >= 11 is 0. The number of nitrogens with one attached hydrogen (secondary N) is 2. The molecule has 1 rings (SSSR count). The van der Waals surface area contributed by atoms with Gasteiger partial charge in [-0.15, -0.1) is 0 Å². The summed E-state index contributed by atoms with van der Waals surface area (Å²) in [6, 6.07) is 0.137. The second kappa shape index (κ2) is 10.9. The van der Waals surface area contributed by atoms with Crippen LogP contribution in [0.1, 0.15) is 112 Å². The molecular formula is C22H42N2O2. The molecule has 0 aromatic carbocycles. The fourth-order valence-electron chi connectivity index (χ4n) is 4.29. The van der Waals surface area contributed by atoms with Crippen LogP contribution in [0.5, 0.6) is 0 Å². The summed E-state index contributed by atoms with van der Waals surface area (Å²) in [5, 5.41) is 5.92. The van der Waals surface area contributed by atoms with Gasteiger partial charge in [-0.3, -0.25) is 9.59 Å². The maximum atomic E-state index is 12.4. The van der Waals surface area contributed by atoms with Crippen molar-refractivity contribution in [3.8, 4) is 0 Å². The number of amides is 2. The van der Waals surface area contributed by atoms with E-state index in [-0.39, 0.29) is 17.0 Å². The Morgan fingerprint density at radius 3 is 1.58 bits per heavy atom. The second-order valence-corrected chi connectivity index (χ2v) is 10.0. The molecule has 0 aromatic heterocycles. The van der Waals surface area contributed by atoms with Gasteiger partial charge in [0.15, 0.2) is 0 Å². The van der Waals surface area contributed by atoms with Crippen molar-refractivity contribution >= 4 is 11.8 Å². The third-order valence-corrected chi connectivity index (χ3v) is 5.07. The molecule has 0 saturated heterocycles. The summed E-state index contributed by atoms with van der Waals surface area (Å²) in [6.45, 7) is 10.4. The quantitative estimate of drug-likeness (QED) is 0.682. The normalized spacial score (nSPS) is 19.1. The number of hydrogen-bond donors (Lipinski definition) is 2. The van der Waals surface area contributed by atoms with Crippen molar-refractivity contribution in [2.45, 2.75) is 123 Å². The molecule has 1 aliphatic rings. The predicted octanol–water partition coefficient (Wildman–Crippen LogP) is 5.11. The van der Waals surface area contributed by atoms with Crippen LogP contribution in [-0.4, -0.2) is 23.4 Å². The molecule has 1 saturated carbocycles. The first-order valence-electron chi connectivity index (χ1n) is 10.7. The number of hydrogen-bond acceptors (Lipinski definition) is 2. The van der Waals surface area contributed by atoms with E-state index in [9.17, 15) is 9.59 Å². The van der Waals surface area contributed by atoms with Crippen molar-refractivity contribution in [2.24, 2.45) is 5.41 Å². The van der Waals surface area contributed by atoms with E-state index in [2.05, 4.69) is 31.4 Å². The molecule has 1 aliphatic carbocycles. The van der Waals surface area contributed by atoms with Crippen molar-refractivity contribution in [3.63, 3.8) is 0 Å². The number of rotatable bonds is 3. The van der Waals surface area contributed by atoms with Gasteiger partial charge in [0.25, 0.3) is 0 Å². The lowest BCUT2D eigenvalue weighted by Crippen LogP contribution is -2.52. The van der Waals surface area contributed by atoms with Crippen molar-refractivity contribution < 1.29 is 9.59 Å². The van der Waals surface area contributed by atoms with Gasteiger partial charge in [0.05, 0.1) is 0 Å². The molecule has 0 atom stereocenters. The van der Waals surface area contributed by atoms with E-state index in [0.29, 0.717) is 0 Å². The van der Waals surface area contributed by atoms with Gasteiger partial charge in [0, 0.05) is 11.6 Å². The molecule has 0 heterocycles. The minimum Gasteiger partial charge on any atom is -0.345 e. The van der Waals surface area contributed by atoms with Gasteiger partial charge in [-0.25, -0.2) is 0 Å². The Morgan fingerprint density at radius 2 is 1.15 bits per heavy atom. The summed E-state index contributed by atoms with van der Waals surface area (Å²) in [5.74, 6) is -0.963. The molecule has 0 spiro atoms. The van der Waals surface area contributed by atoms with Gasteiger partial charge >= 0.3 is 11.8 Å². The smallest absolute Gasteiger partial charge is 0.309 e. The molecule has 1 fully saturated rings.